The lowest BCUT2D eigenvalue weighted by molar-refractivity contribution is -0.142. The number of aliphatic carboxylic acids is 1. The van der Waals surface area contributed by atoms with Crippen LogP contribution in [0.3, 0.4) is 0 Å². The largest absolute Gasteiger partial charge is 0.481 e. The molecule has 4 aromatic carbocycles. The van der Waals surface area contributed by atoms with E-state index in [-0.39, 0.29) is 53.9 Å². The maximum atomic E-state index is 13.2. The fraction of sp³-hybridized carbons (Fsp3) is 0.200. The van der Waals surface area contributed by atoms with E-state index in [1.54, 1.807) is 53.1 Å². The van der Waals surface area contributed by atoms with Gasteiger partial charge in [0.1, 0.15) is 11.4 Å². The summed E-state index contributed by atoms with van der Waals surface area (Å²) in [5, 5.41) is 10.1. The summed E-state index contributed by atoms with van der Waals surface area (Å²) in [5.41, 5.74) is 19.0. The predicted molar refractivity (Wildman–Crippen MR) is 200 cm³/mol. The fourth-order valence-electron chi connectivity index (χ4n) is 6.74. The average molecular weight is 725 g/mol. The number of nitrogens with two attached hydrogens (primary N) is 2. The Hall–Kier alpha value is -6.96. The summed E-state index contributed by atoms with van der Waals surface area (Å²) in [5.74, 6) is -1.64. The molecular weight excluding hydrogens is 688 g/mol. The van der Waals surface area contributed by atoms with Crippen LogP contribution in [0, 0.1) is 0 Å². The zero-order valence-electron chi connectivity index (χ0n) is 29.4. The van der Waals surface area contributed by atoms with Gasteiger partial charge in [-0.3, -0.25) is 19.2 Å². The molecule has 0 saturated heterocycles. The van der Waals surface area contributed by atoms with Crippen molar-refractivity contribution in [3.63, 3.8) is 0 Å². The zero-order chi connectivity index (χ0) is 37.9. The van der Waals surface area contributed by atoms with E-state index < -0.39 is 5.97 Å². The van der Waals surface area contributed by atoms with Crippen molar-refractivity contribution in [1.82, 2.24) is 29.7 Å². The number of carbonyl (C=O) groups excluding carboxylic acids is 3. The Labute approximate surface area is 309 Å². The maximum Gasteiger partial charge on any atom is 0.310 e. The van der Waals surface area contributed by atoms with Crippen LogP contribution in [0.2, 0.25) is 0 Å². The van der Waals surface area contributed by atoms with Gasteiger partial charge in [0.2, 0.25) is 11.9 Å². The van der Waals surface area contributed by atoms with E-state index in [0.29, 0.717) is 60.2 Å². The Kier molecular flexibility index (Phi) is 9.81. The van der Waals surface area contributed by atoms with Crippen molar-refractivity contribution < 1.29 is 29.0 Å². The summed E-state index contributed by atoms with van der Waals surface area (Å²) in [4.78, 5) is 69.3. The highest BCUT2D eigenvalue weighted by atomic mass is 16.5. The molecule has 0 radical (unpaired) electrons. The first-order valence-electron chi connectivity index (χ1n) is 17.3. The molecule has 8 rings (SSSR count). The number of amides is 2. The molecule has 54 heavy (non-hydrogen) atoms. The molecule has 0 aliphatic carbocycles. The number of nitrogens with zero attached hydrogens (tertiary/aromatic N) is 6. The van der Waals surface area contributed by atoms with E-state index >= 15 is 0 Å². The molecule has 0 bridgehead atoms. The van der Waals surface area contributed by atoms with Crippen LogP contribution < -0.4 is 11.5 Å². The first kappa shape index (κ1) is 35.4. The van der Waals surface area contributed by atoms with Crippen molar-refractivity contribution in [2.75, 3.05) is 18.1 Å². The van der Waals surface area contributed by atoms with Crippen LogP contribution in [0.4, 0.5) is 11.9 Å². The summed E-state index contributed by atoms with van der Waals surface area (Å²) >= 11 is 0. The highest BCUT2D eigenvalue weighted by Gasteiger charge is 2.28. The molecule has 14 heteroatoms. The number of hydrogen-bond acceptors (Lipinski definition) is 11. The molecule has 0 saturated carbocycles. The molecule has 4 heterocycles. The summed E-state index contributed by atoms with van der Waals surface area (Å²) in [6, 6.07) is 26.2. The lowest BCUT2D eigenvalue weighted by Gasteiger charge is -2.16. The van der Waals surface area contributed by atoms with E-state index in [2.05, 4.69) is 19.9 Å². The number of aromatic nitrogens is 4. The quantitative estimate of drug-likeness (QED) is 0.195. The number of ether oxygens (including phenoxy) is 1. The molecule has 272 valence electrons. The monoisotopic (exact) mass is 724 g/mol. The van der Waals surface area contributed by atoms with Crippen LogP contribution in [0.25, 0.3) is 21.8 Å². The molecule has 2 aliphatic rings. The van der Waals surface area contributed by atoms with Gasteiger partial charge in [0.05, 0.1) is 30.5 Å². The minimum atomic E-state index is -0.941. The van der Waals surface area contributed by atoms with Gasteiger partial charge in [0.25, 0.3) is 11.8 Å². The van der Waals surface area contributed by atoms with Crippen molar-refractivity contribution >= 4 is 57.5 Å². The SMILES string of the molecule is CCOC(=O)Cc1ccc2nc(N)nc(C(=O)N3Cc4ccccc4C3)c2c1.Nc1nc(C(=O)N2Cc3ccccc3C2)c2cc(CC(=O)O)ccc2n1. The van der Waals surface area contributed by atoms with Crippen LogP contribution >= 0.6 is 0 Å². The van der Waals surface area contributed by atoms with Crippen molar-refractivity contribution in [2.45, 2.75) is 45.9 Å². The Morgan fingerprint density at radius 2 is 1.04 bits per heavy atom. The topological polar surface area (TPSA) is 208 Å². The van der Waals surface area contributed by atoms with Gasteiger partial charge in [-0.05, 0) is 64.6 Å². The standard InChI is InChI=1S/C21H20N4O3.C19H16N4O3/c1-2-28-18(26)10-13-7-8-17-16(9-13)19(24-21(22)23-17)20(27)25-11-14-5-3-4-6-15(14)12-25;20-19-21-15-6-5-11(8-16(24)25)7-14(15)17(22-19)18(26)23-9-12-3-1-2-4-13(12)10-23/h3-9H,2,10-12H2,1H3,(H2,22,23,24);1-7H,8-10H2,(H,24,25)(H2,20,21,22). The second kappa shape index (κ2) is 14.9. The molecule has 2 aliphatic heterocycles. The molecule has 2 amide bonds. The second-order valence-corrected chi connectivity index (χ2v) is 13.0. The zero-order valence-corrected chi connectivity index (χ0v) is 29.4. The van der Waals surface area contributed by atoms with Gasteiger partial charge in [-0.25, -0.2) is 19.9 Å². The van der Waals surface area contributed by atoms with Gasteiger partial charge in [-0.1, -0.05) is 60.7 Å². The maximum absolute atomic E-state index is 13.2. The van der Waals surface area contributed by atoms with Crippen molar-refractivity contribution in [3.05, 3.63) is 130 Å². The molecule has 2 aromatic heterocycles. The third-order valence-corrected chi connectivity index (χ3v) is 9.23. The van der Waals surface area contributed by atoms with Crippen LogP contribution in [0.1, 0.15) is 61.3 Å². The number of anilines is 2. The first-order chi connectivity index (χ1) is 26.1. The molecular formula is C40H36N8O6. The number of nitrogen functional groups attached to an aromatic ring is 2. The molecule has 5 N–H and O–H groups in total. The van der Waals surface area contributed by atoms with Gasteiger partial charge in [-0.2, -0.15) is 0 Å². The van der Waals surface area contributed by atoms with E-state index in [4.69, 9.17) is 21.3 Å². The highest BCUT2D eigenvalue weighted by molar-refractivity contribution is 6.06. The number of benzene rings is 4. The minimum Gasteiger partial charge on any atom is -0.481 e. The summed E-state index contributed by atoms with van der Waals surface area (Å²) in [6.45, 7) is 4.17. The van der Waals surface area contributed by atoms with Gasteiger partial charge in [0.15, 0.2) is 0 Å². The van der Waals surface area contributed by atoms with E-state index in [9.17, 15) is 19.2 Å². The van der Waals surface area contributed by atoms with Gasteiger partial charge >= 0.3 is 11.9 Å². The third-order valence-electron chi connectivity index (χ3n) is 9.23. The summed E-state index contributed by atoms with van der Waals surface area (Å²) in [6.07, 6.45) is -0.0138. The number of carbonyl (C=O) groups is 4. The Morgan fingerprint density at radius 1 is 0.630 bits per heavy atom. The van der Waals surface area contributed by atoms with Crippen molar-refractivity contribution in [1.29, 1.82) is 0 Å². The van der Waals surface area contributed by atoms with Crippen molar-refractivity contribution in [3.8, 4) is 0 Å². The number of carboxylic acid groups (broad SMARTS) is 1. The summed E-state index contributed by atoms with van der Waals surface area (Å²) in [7, 11) is 0. The predicted octanol–water partition coefficient (Wildman–Crippen LogP) is 4.47. The van der Waals surface area contributed by atoms with Gasteiger partial charge < -0.3 is 31.1 Å². The fourth-order valence-corrected chi connectivity index (χ4v) is 6.74. The average Bonchev–Trinajstić information content (AvgIpc) is 3.79. The van der Waals surface area contributed by atoms with E-state index in [1.807, 2.05) is 48.5 Å². The minimum absolute atomic E-state index is 0.0172. The third kappa shape index (κ3) is 7.48. The number of hydrogen-bond donors (Lipinski definition) is 3. The van der Waals surface area contributed by atoms with Crippen LogP contribution in [0.15, 0.2) is 84.9 Å². The number of rotatable bonds is 7. The van der Waals surface area contributed by atoms with Crippen molar-refractivity contribution in [2.24, 2.45) is 0 Å². The first-order valence-corrected chi connectivity index (χ1v) is 17.3. The van der Waals surface area contributed by atoms with Crippen LogP contribution in [-0.2, 0) is 53.3 Å². The molecule has 6 aromatic rings. The summed E-state index contributed by atoms with van der Waals surface area (Å²) < 4.78 is 5.01. The lowest BCUT2D eigenvalue weighted by atomic mass is 10.1. The molecule has 0 spiro atoms. The number of fused-ring (bicyclic) bond motifs is 4. The van der Waals surface area contributed by atoms with Gasteiger partial charge in [-0.15, -0.1) is 0 Å². The Morgan fingerprint density at radius 3 is 1.43 bits per heavy atom. The van der Waals surface area contributed by atoms with E-state index in [1.165, 1.54) is 0 Å². The molecule has 14 nitrogen and oxygen atoms in total. The number of esters is 1. The molecule has 0 unspecified atom stereocenters. The number of carboxylic acids is 1. The molecule has 0 atom stereocenters. The van der Waals surface area contributed by atoms with Gasteiger partial charge in [0, 0.05) is 37.0 Å². The second-order valence-electron chi connectivity index (χ2n) is 13.0. The molecule has 0 fully saturated rings. The normalized spacial score (nSPS) is 12.9. The smallest absolute Gasteiger partial charge is 0.310 e. The van der Waals surface area contributed by atoms with E-state index in [0.717, 1.165) is 27.8 Å². The Balaban J connectivity index is 0.000000167. The highest BCUT2D eigenvalue weighted by Crippen LogP contribution is 2.28. The van der Waals surface area contributed by atoms with Crippen LogP contribution in [0.5, 0.6) is 0 Å². The lowest BCUT2D eigenvalue weighted by Crippen LogP contribution is -2.27. The Bertz CT molecular complexity index is 2420. The van der Waals surface area contributed by atoms with Crippen LogP contribution in [-0.4, -0.2) is 65.2 Å².